The van der Waals surface area contributed by atoms with Crippen molar-refractivity contribution in [3.63, 3.8) is 0 Å². The van der Waals surface area contributed by atoms with Gasteiger partial charge < -0.3 is 15.2 Å². The van der Waals surface area contributed by atoms with Crippen LogP contribution in [0.1, 0.15) is 47.5 Å². The molecule has 1 saturated heterocycles. The van der Waals surface area contributed by atoms with Crippen LogP contribution in [0.4, 0.5) is 5.69 Å². The van der Waals surface area contributed by atoms with E-state index < -0.39 is 0 Å². The van der Waals surface area contributed by atoms with E-state index in [2.05, 4.69) is 34.7 Å². The van der Waals surface area contributed by atoms with Crippen LogP contribution in [-0.2, 0) is 4.79 Å². The Morgan fingerprint density at radius 1 is 0.931 bits per heavy atom. The Morgan fingerprint density at radius 3 is 2.38 bits per heavy atom. The molecular weight excluding hydrogens is 362 g/mol. The van der Waals surface area contributed by atoms with Crippen LogP contribution in [-0.4, -0.2) is 34.8 Å². The fraction of sp³-hybridized carbons (Fsp3) is 0.333. The molecule has 5 rings (SSSR count). The molecule has 2 N–H and O–H groups in total. The van der Waals surface area contributed by atoms with Crippen LogP contribution < -0.4 is 5.32 Å². The van der Waals surface area contributed by atoms with E-state index in [1.807, 2.05) is 35.2 Å². The van der Waals surface area contributed by atoms with E-state index in [-0.39, 0.29) is 17.7 Å². The SMILES string of the molecule is O=C(Nc1ccc(C(=O)N2CCC(c3c[nH]c4ccccc34)CC2)cc1)C1CC1. The number of anilines is 1. The normalized spacial score (nSPS) is 17.4. The average Bonchev–Trinajstić information content (AvgIpc) is 3.53. The number of piperidine rings is 1. The number of fused-ring (bicyclic) bond motifs is 1. The van der Waals surface area contributed by atoms with Crippen LogP contribution in [0.3, 0.4) is 0 Å². The second kappa shape index (κ2) is 7.39. The van der Waals surface area contributed by atoms with Gasteiger partial charge in [-0.3, -0.25) is 9.59 Å². The summed E-state index contributed by atoms with van der Waals surface area (Å²) in [6.07, 6.45) is 6.04. The van der Waals surface area contributed by atoms with E-state index >= 15 is 0 Å². The minimum Gasteiger partial charge on any atom is -0.361 e. The standard InChI is InChI=1S/C24H25N3O2/c28-23(17-5-6-17)26-19-9-7-18(8-10-19)24(29)27-13-11-16(12-14-27)21-15-25-22-4-2-1-3-20(21)22/h1-4,7-10,15-17,25H,5-6,11-14H2,(H,26,28). The van der Waals surface area contributed by atoms with Gasteiger partial charge in [-0.15, -0.1) is 0 Å². The van der Waals surface area contributed by atoms with Gasteiger partial charge in [-0.2, -0.15) is 0 Å². The number of nitrogens with zero attached hydrogens (tertiary/aromatic N) is 1. The summed E-state index contributed by atoms with van der Waals surface area (Å²) in [5.41, 5.74) is 3.98. The lowest BCUT2D eigenvalue weighted by atomic mass is 9.89. The molecule has 3 aromatic rings. The number of para-hydroxylation sites is 1. The third kappa shape index (κ3) is 3.65. The fourth-order valence-corrected chi connectivity index (χ4v) is 4.29. The van der Waals surface area contributed by atoms with E-state index in [4.69, 9.17) is 0 Å². The number of nitrogens with one attached hydrogen (secondary N) is 2. The topological polar surface area (TPSA) is 65.2 Å². The number of amides is 2. The Morgan fingerprint density at radius 2 is 1.66 bits per heavy atom. The van der Waals surface area contributed by atoms with Crippen LogP contribution >= 0.6 is 0 Å². The molecule has 0 bridgehead atoms. The first kappa shape index (κ1) is 18.0. The molecule has 148 valence electrons. The van der Waals surface area contributed by atoms with Gasteiger partial charge in [0, 0.05) is 47.4 Å². The van der Waals surface area contributed by atoms with Crippen molar-refractivity contribution in [1.29, 1.82) is 0 Å². The Labute approximate surface area is 170 Å². The van der Waals surface area contributed by atoms with Crippen molar-refractivity contribution in [2.45, 2.75) is 31.6 Å². The molecule has 2 aliphatic rings. The van der Waals surface area contributed by atoms with Gasteiger partial charge in [0.05, 0.1) is 0 Å². The smallest absolute Gasteiger partial charge is 0.253 e. The molecule has 0 atom stereocenters. The fourth-order valence-electron chi connectivity index (χ4n) is 4.29. The number of carbonyl (C=O) groups excluding carboxylic acids is 2. The zero-order valence-electron chi connectivity index (χ0n) is 16.4. The second-order valence-corrected chi connectivity index (χ2v) is 8.20. The van der Waals surface area contributed by atoms with Gasteiger partial charge in [-0.05, 0) is 67.5 Å². The Kier molecular flexibility index (Phi) is 4.58. The van der Waals surface area contributed by atoms with Crippen molar-refractivity contribution in [1.82, 2.24) is 9.88 Å². The van der Waals surface area contributed by atoms with E-state index in [1.54, 1.807) is 0 Å². The van der Waals surface area contributed by atoms with Gasteiger partial charge in [-0.1, -0.05) is 18.2 Å². The van der Waals surface area contributed by atoms with E-state index in [1.165, 1.54) is 16.5 Å². The molecule has 2 heterocycles. The lowest BCUT2D eigenvalue weighted by Crippen LogP contribution is -2.37. The molecule has 1 aromatic heterocycles. The summed E-state index contributed by atoms with van der Waals surface area (Å²) in [5, 5.41) is 4.21. The van der Waals surface area contributed by atoms with Gasteiger partial charge in [0.2, 0.25) is 5.91 Å². The highest BCUT2D eigenvalue weighted by molar-refractivity contribution is 5.97. The number of hydrogen-bond donors (Lipinski definition) is 2. The Balaban J connectivity index is 1.21. The number of rotatable bonds is 4. The molecule has 0 radical (unpaired) electrons. The molecule has 1 aliphatic carbocycles. The molecular formula is C24H25N3O2. The zero-order valence-corrected chi connectivity index (χ0v) is 16.4. The minimum atomic E-state index is 0.0717. The highest BCUT2D eigenvalue weighted by Gasteiger charge is 2.30. The highest BCUT2D eigenvalue weighted by Crippen LogP contribution is 2.33. The van der Waals surface area contributed by atoms with Crippen molar-refractivity contribution in [3.8, 4) is 0 Å². The predicted molar refractivity (Wildman–Crippen MR) is 114 cm³/mol. The first-order valence-corrected chi connectivity index (χ1v) is 10.5. The summed E-state index contributed by atoms with van der Waals surface area (Å²) in [4.78, 5) is 30.1. The van der Waals surface area contributed by atoms with Gasteiger partial charge in [0.15, 0.2) is 0 Å². The van der Waals surface area contributed by atoms with Crippen LogP contribution in [0.15, 0.2) is 54.7 Å². The summed E-state index contributed by atoms with van der Waals surface area (Å²) in [7, 11) is 0. The lowest BCUT2D eigenvalue weighted by molar-refractivity contribution is -0.117. The summed E-state index contributed by atoms with van der Waals surface area (Å²) in [6, 6.07) is 15.7. The molecule has 2 fully saturated rings. The van der Waals surface area contributed by atoms with Crippen molar-refractivity contribution >= 4 is 28.4 Å². The van der Waals surface area contributed by atoms with Gasteiger partial charge in [-0.25, -0.2) is 0 Å². The molecule has 1 aliphatic heterocycles. The number of hydrogen-bond acceptors (Lipinski definition) is 2. The van der Waals surface area contributed by atoms with Gasteiger partial charge in [0.25, 0.3) is 5.91 Å². The number of benzene rings is 2. The number of aromatic amines is 1. The maximum Gasteiger partial charge on any atom is 0.253 e. The molecule has 5 heteroatoms. The number of H-pyrrole nitrogens is 1. The molecule has 0 unspecified atom stereocenters. The maximum absolute atomic E-state index is 12.9. The third-order valence-corrected chi connectivity index (χ3v) is 6.19. The predicted octanol–water partition coefficient (Wildman–Crippen LogP) is 4.54. The number of likely N-dealkylation sites (tertiary alicyclic amines) is 1. The van der Waals surface area contributed by atoms with Crippen molar-refractivity contribution in [2.24, 2.45) is 5.92 Å². The van der Waals surface area contributed by atoms with Crippen LogP contribution in [0, 0.1) is 5.92 Å². The first-order valence-electron chi connectivity index (χ1n) is 10.5. The van der Waals surface area contributed by atoms with Crippen molar-refractivity contribution in [3.05, 3.63) is 65.9 Å². The maximum atomic E-state index is 12.9. The summed E-state index contributed by atoms with van der Waals surface area (Å²) >= 11 is 0. The van der Waals surface area contributed by atoms with E-state index in [0.29, 0.717) is 11.5 Å². The number of carbonyl (C=O) groups is 2. The first-order chi connectivity index (χ1) is 14.2. The molecule has 2 amide bonds. The highest BCUT2D eigenvalue weighted by atomic mass is 16.2. The van der Waals surface area contributed by atoms with Gasteiger partial charge >= 0.3 is 0 Å². The van der Waals surface area contributed by atoms with Crippen molar-refractivity contribution < 1.29 is 9.59 Å². The Bertz CT molecular complexity index is 1040. The summed E-state index contributed by atoms with van der Waals surface area (Å²) < 4.78 is 0. The molecule has 5 nitrogen and oxygen atoms in total. The van der Waals surface area contributed by atoms with Crippen LogP contribution in [0.25, 0.3) is 10.9 Å². The van der Waals surface area contributed by atoms with Crippen LogP contribution in [0.5, 0.6) is 0 Å². The minimum absolute atomic E-state index is 0.0717. The lowest BCUT2D eigenvalue weighted by Gasteiger charge is -2.32. The molecule has 29 heavy (non-hydrogen) atoms. The van der Waals surface area contributed by atoms with Crippen LogP contribution in [0.2, 0.25) is 0 Å². The van der Waals surface area contributed by atoms with Crippen molar-refractivity contribution in [2.75, 3.05) is 18.4 Å². The Hall–Kier alpha value is -3.08. The summed E-state index contributed by atoms with van der Waals surface area (Å²) in [6.45, 7) is 1.53. The monoisotopic (exact) mass is 387 g/mol. The molecule has 1 saturated carbocycles. The quantitative estimate of drug-likeness (QED) is 0.690. The van der Waals surface area contributed by atoms with E-state index in [9.17, 15) is 9.59 Å². The largest absolute Gasteiger partial charge is 0.361 e. The van der Waals surface area contributed by atoms with Gasteiger partial charge in [0.1, 0.15) is 0 Å². The average molecular weight is 387 g/mol. The second-order valence-electron chi connectivity index (χ2n) is 8.20. The molecule has 2 aromatic carbocycles. The number of aromatic nitrogens is 1. The molecule has 0 spiro atoms. The zero-order chi connectivity index (χ0) is 19.8. The third-order valence-electron chi connectivity index (χ3n) is 6.19. The van der Waals surface area contributed by atoms with E-state index in [0.717, 1.165) is 44.5 Å². The summed E-state index contributed by atoms with van der Waals surface area (Å²) in [5.74, 6) is 0.816.